The van der Waals surface area contributed by atoms with Crippen molar-refractivity contribution in [3.8, 4) is 0 Å². The summed E-state index contributed by atoms with van der Waals surface area (Å²) in [5.41, 5.74) is 8.38. The first-order valence-corrected chi connectivity index (χ1v) is 5.48. The van der Waals surface area contributed by atoms with Gasteiger partial charge in [0.25, 0.3) is 0 Å². The van der Waals surface area contributed by atoms with Crippen molar-refractivity contribution in [2.45, 2.75) is 6.18 Å². The van der Waals surface area contributed by atoms with E-state index in [9.17, 15) is 13.2 Å². The molecule has 0 N–H and O–H groups in total. The summed E-state index contributed by atoms with van der Waals surface area (Å²) in [5, 5.41) is 0. The van der Waals surface area contributed by atoms with Crippen molar-refractivity contribution < 1.29 is 18.0 Å². The molecule has 2 aromatic carbocycles. The first-order valence-electron chi connectivity index (χ1n) is 5.48. The van der Waals surface area contributed by atoms with E-state index in [1.165, 1.54) is 18.2 Å². The zero-order chi connectivity index (χ0) is 13.9. The Kier molecular flexibility index (Phi) is 3.49. The lowest BCUT2D eigenvalue weighted by molar-refractivity contribution is -0.138. The maximum absolute atomic E-state index is 12.9. The van der Waals surface area contributed by atoms with Gasteiger partial charge in [-0.3, -0.25) is 0 Å². The summed E-state index contributed by atoms with van der Waals surface area (Å²) in [7, 11) is 0. The molecule has 0 bridgehead atoms. The van der Waals surface area contributed by atoms with Crippen LogP contribution in [0.4, 0.5) is 13.2 Å². The van der Waals surface area contributed by atoms with E-state index in [1.807, 2.05) is 0 Å². The molecule has 2 aromatic rings. The van der Waals surface area contributed by atoms with Gasteiger partial charge in [-0.1, -0.05) is 30.3 Å². The molecule has 5 heteroatoms. The molecular formula is C14H9F3N2. The van der Waals surface area contributed by atoms with E-state index in [1.54, 1.807) is 30.3 Å². The van der Waals surface area contributed by atoms with Gasteiger partial charge in [0.05, 0.1) is 16.7 Å². The molecule has 19 heavy (non-hydrogen) atoms. The summed E-state index contributed by atoms with van der Waals surface area (Å²) >= 11 is 0. The van der Waals surface area contributed by atoms with Crippen LogP contribution in [0, 0.1) is 0 Å². The minimum Gasteiger partial charge on any atom is -0.361 e. The Morgan fingerprint density at radius 3 is 2.05 bits per heavy atom. The smallest absolute Gasteiger partial charge is 0.361 e. The zero-order valence-corrected chi connectivity index (χ0v) is 9.72. The van der Waals surface area contributed by atoms with Crippen LogP contribution in [0.1, 0.15) is 16.7 Å². The molecule has 2 nitrogen and oxygen atoms in total. The van der Waals surface area contributed by atoms with Gasteiger partial charge in [0.2, 0.25) is 0 Å². The molecular weight excluding hydrogens is 253 g/mol. The lowest BCUT2D eigenvalue weighted by atomic mass is 9.97. The standard InChI is InChI=1S/C14H9F3N2/c15-14(16,17)12-9-5-4-8-11(12)13(19-18)10-6-2-1-3-7-10/h1-9H. The molecule has 0 aliphatic rings. The molecule has 0 saturated heterocycles. The SMILES string of the molecule is [N-]=[N+]=C(c1ccccc1)c1ccccc1C(F)(F)F. The van der Waals surface area contributed by atoms with E-state index >= 15 is 0 Å². The van der Waals surface area contributed by atoms with Crippen molar-refractivity contribution in [2.24, 2.45) is 0 Å². The maximum Gasteiger partial charge on any atom is 0.417 e. The first-order chi connectivity index (χ1) is 9.04. The Bertz CT molecular complexity index is 627. The highest BCUT2D eigenvalue weighted by Crippen LogP contribution is 2.32. The van der Waals surface area contributed by atoms with Crippen LogP contribution in [0.25, 0.3) is 5.53 Å². The summed E-state index contributed by atoms with van der Waals surface area (Å²) in [5.74, 6) is 0. The average molecular weight is 262 g/mol. The highest BCUT2D eigenvalue weighted by molar-refractivity contribution is 6.10. The zero-order valence-electron chi connectivity index (χ0n) is 9.72. The van der Waals surface area contributed by atoms with Crippen molar-refractivity contribution in [1.82, 2.24) is 0 Å². The molecule has 0 heterocycles. The number of hydrogen-bond acceptors (Lipinski definition) is 0. The summed E-state index contributed by atoms with van der Waals surface area (Å²) in [6.45, 7) is 0. The Morgan fingerprint density at radius 1 is 0.895 bits per heavy atom. The number of hydrogen-bond donors (Lipinski definition) is 0. The van der Waals surface area contributed by atoms with Gasteiger partial charge in [0.15, 0.2) is 0 Å². The summed E-state index contributed by atoms with van der Waals surface area (Å²) in [4.78, 5) is 3.02. The van der Waals surface area contributed by atoms with Gasteiger partial charge < -0.3 is 5.53 Å². The van der Waals surface area contributed by atoms with Gasteiger partial charge in [-0.15, -0.1) is 0 Å². The molecule has 0 amide bonds. The van der Waals surface area contributed by atoms with E-state index in [0.717, 1.165) is 6.07 Å². The Morgan fingerprint density at radius 2 is 1.47 bits per heavy atom. The monoisotopic (exact) mass is 262 g/mol. The van der Waals surface area contributed by atoms with Crippen LogP contribution < -0.4 is 0 Å². The lowest BCUT2D eigenvalue weighted by Gasteiger charge is -2.09. The number of rotatable bonds is 2. The molecule has 0 radical (unpaired) electrons. The second-order valence-corrected chi connectivity index (χ2v) is 3.86. The third kappa shape index (κ3) is 2.72. The summed E-state index contributed by atoms with van der Waals surface area (Å²) in [6.07, 6.45) is -4.50. The van der Waals surface area contributed by atoms with Crippen LogP contribution in [0.5, 0.6) is 0 Å². The highest BCUT2D eigenvalue weighted by Gasteiger charge is 2.36. The molecule has 0 spiro atoms. The van der Waals surface area contributed by atoms with E-state index in [4.69, 9.17) is 5.53 Å². The number of alkyl halides is 3. The average Bonchev–Trinajstić information content (AvgIpc) is 2.40. The van der Waals surface area contributed by atoms with Crippen LogP contribution >= 0.6 is 0 Å². The van der Waals surface area contributed by atoms with Crippen molar-refractivity contribution >= 4 is 5.71 Å². The quantitative estimate of drug-likeness (QED) is 0.449. The summed E-state index contributed by atoms with van der Waals surface area (Å²) < 4.78 is 38.8. The van der Waals surface area contributed by atoms with Gasteiger partial charge in [-0.05, 0) is 24.3 Å². The lowest BCUT2D eigenvalue weighted by Crippen LogP contribution is -2.15. The maximum atomic E-state index is 12.9. The Labute approximate surface area is 107 Å². The topological polar surface area (TPSA) is 36.4 Å². The molecule has 0 saturated carbocycles. The predicted octanol–water partition coefficient (Wildman–Crippen LogP) is 3.77. The van der Waals surface area contributed by atoms with E-state index < -0.39 is 11.7 Å². The number of benzene rings is 2. The molecule has 0 unspecified atom stereocenters. The van der Waals surface area contributed by atoms with Crippen molar-refractivity contribution in [3.05, 3.63) is 76.8 Å². The van der Waals surface area contributed by atoms with E-state index in [0.29, 0.717) is 5.56 Å². The fourth-order valence-electron chi connectivity index (χ4n) is 1.80. The second kappa shape index (κ2) is 5.08. The van der Waals surface area contributed by atoms with Crippen LogP contribution in [0.3, 0.4) is 0 Å². The molecule has 0 atom stereocenters. The Balaban J connectivity index is 2.62. The third-order valence-corrected chi connectivity index (χ3v) is 2.63. The molecule has 0 aromatic heterocycles. The van der Waals surface area contributed by atoms with Crippen molar-refractivity contribution in [2.75, 3.05) is 0 Å². The van der Waals surface area contributed by atoms with Gasteiger partial charge in [-0.2, -0.15) is 18.0 Å². The number of nitrogens with zero attached hydrogens (tertiary/aromatic N) is 2. The minimum atomic E-state index is -4.50. The van der Waals surface area contributed by atoms with E-state index in [-0.39, 0.29) is 11.3 Å². The number of halogens is 3. The third-order valence-electron chi connectivity index (χ3n) is 2.63. The largest absolute Gasteiger partial charge is 0.417 e. The molecule has 2 rings (SSSR count). The normalized spacial score (nSPS) is 10.9. The summed E-state index contributed by atoms with van der Waals surface area (Å²) in [6, 6.07) is 13.2. The second-order valence-electron chi connectivity index (χ2n) is 3.86. The van der Waals surface area contributed by atoms with Crippen molar-refractivity contribution in [1.29, 1.82) is 0 Å². The van der Waals surface area contributed by atoms with Crippen LogP contribution in [0.2, 0.25) is 0 Å². The fourth-order valence-corrected chi connectivity index (χ4v) is 1.80. The van der Waals surface area contributed by atoms with Crippen molar-refractivity contribution in [3.63, 3.8) is 0 Å². The first kappa shape index (κ1) is 13.1. The van der Waals surface area contributed by atoms with Gasteiger partial charge >= 0.3 is 11.9 Å². The van der Waals surface area contributed by atoms with Crippen LogP contribution in [-0.2, 0) is 6.18 Å². The molecule has 0 aliphatic carbocycles. The van der Waals surface area contributed by atoms with Gasteiger partial charge in [0, 0.05) is 0 Å². The van der Waals surface area contributed by atoms with Gasteiger partial charge in [0.1, 0.15) is 0 Å². The van der Waals surface area contributed by atoms with E-state index in [2.05, 4.69) is 4.79 Å². The highest BCUT2D eigenvalue weighted by atomic mass is 19.4. The molecule has 0 aliphatic heterocycles. The molecule has 0 fully saturated rings. The Hall–Kier alpha value is -2.39. The molecule has 96 valence electrons. The predicted molar refractivity (Wildman–Crippen MR) is 64.7 cm³/mol. The van der Waals surface area contributed by atoms with Crippen LogP contribution in [-0.4, -0.2) is 10.5 Å². The fraction of sp³-hybridized carbons (Fsp3) is 0.0714. The van der Waals surface area contributed by atoms with Gasteiger partial charge in [-0.25, -0.2) is 0 Å². The van der Waals surface area contributed by atoms with Crippen LogP contribution in [0.15, 0.2) is 54.6 Å². The minimum absolute atomic E-state index is 0.103.